The first-order valence-electron chi connectivity index (χ1n) is 6.54. The summed E-state index contributed by atoms with van der Waals surface area (Å²) in [5.41, 5.74) is 0. The zero-order valence-corrected chi connectivity index (χ0v) is 11.7. The molecule has 1 heterocycles. The Hall–Kier alpha value is -2.32. The fraction of sp³-hybridized carbons (Fsp3) is 0.667. The minimum absolute atomic E-state index is 0.161. The number of carbonyl (C=O) groups is 4. The number of nitrogens with zero attached hydrogens (tertiary/aromatic N) is 2. The van der Waals surface area contributed by atoms with Gasteiger partial charge in [-0.15, -0.1) is 0 Å². The Bertz CT molecular complexity index is 423. The second kappa shape index (κ2) is 7.46. The van der Waals surface area contributed by atoms with Gasteiger partial charge in [-0.25, -0.2) is 4.79 Å². The molecule has 1 aliphatic rings. The summed E-state index contributed by atoms with van der Waals surface area (Å²) in [7, 11) is 1.50. The standard InChI is InChI=1S/C12H19N3O6/c1-13-11(20)8-3-2-4-14(5-8)12(21)15(6-9(16)17)7-10(18)19/h8H,2-7H2,1H3,(H,13,20)(H,16,17)(H,18,19). The Morgan fingerprint density at radius 1 is 1.19 bits per heavy atom. The van der Waals surface area contributed by atoms with E-state index in [2.05, 4.69) is 5.32 Å². The Labute approximate surface area is 121 Å². The molecule has 0 aliphatic carbocycles. The second-order valence-corrected chi connectivity index (χ2v) is 4.83. The van der Waals surface area contributed by atoms with Crippen LogP contribution in [0.1, 0.15) is 12.8 Å². The predicted molar refractivity (Wildman–Crippen MR) is 70.6 cm³/mol. The lowest BCUT2D eigenvalue weighted by atomic mass is 9.97. The number of likely N-dealkylation sites (tertiary alicyclic amines) is 1. The number of rotatable bonds is 5. The van der Waals surface area contributed by atoms with Crippen LogP contribution in [0.5, 0.6) is 0 Å². The molecular weight excluding hydrogens is 282 g/mol. The summed E-state index contributed by atoms with van der Waals surface area (Å²) in [5.74, 6) is -3.12. The number of urea groups is 1. The zero-order chi connectivity index (χ0) is 16.0. The fourth-order valence-corrected chi connectivity index (χ4v) is 2.29. The van der Waals surface area contributed by atoms with Crippen LogP contribution in [-0.4, -0.2) is 77.1 Å². The zero-order valence-electron chi connectivity index (χ0n) is 11.7. The molecule has 21 heavy (non-hydrogen) atoms. The smallest absolute Gasteiger partial charge is 0.323 e. The van der Waals surface area contributed by atoms with Gasteiger partial charge in [0.2, 0.25) is 5.91 Å². The topological polar surface area (TPSA) is 127 Å². The summed E-state index contributed by atoms with van der Waals surface area (Å²) < 4.78 is 0. The maximum absolute atomic E-state index is 12.2. The number of hydrogen-bond donors (Lipinski definition) is 3. The lowest BCUT2D eigenvalue weighted by Gasteiger charge is -2.34. The molecule has 0 spiro atoms. The van der Waals surface area contributed by atoms with Gasteiger partial charge in [0.05, 0.1) is 5.92 Å². The number of hydrogen-bond acceptors (Lipinski definition) is 4. The molecule has 1 fully saturated rings. The third-order valence-electron chi connectivity index (χ3n) is 3.23. The highest BCUT2D eigenvalue weighted by atomic mass is 16.4. The summed E-state index contributed by atoms with van der Waals surface area (Å²) in [6.07, 6.45) is 1.25. The normalized spacial score (nSPS) is 18.0. The van der Waals surface area contributed by atoms with Crippen molar-refractivity contribution in [1.29, 1.82) is 0 Å². The molecule has 1 atom stereocenters. The van der Waals surface area contributed by atoms with E-state index in [1.807, 2.05) is 0 Å². The average molecular weight is 301 g/mol. The lowest BCUT2D eigenvalue weighted by Crippen LogP contribution is -2.52. The Morgan fingerprint density at radius 3 is 2.24 bits per heavy atom. The van der Waals surface area contributed by atoms with Crippen molar-refractivity contribution in [3.05, 3.63) is 0 Å². The van der Waals surface area contributed by atoms with Crippen molar-refractivity contribution < 1.29 is 29.4 Å². The SMILES string of the molecule is CNC(=O)C1CCCN(C(=O)N(CC(=O)O)CC(=O)O)C1. The largest absolute Gasteiger partial charge is 0.480 e. The first-order chi connectivity index (χ1) is 9.85. The number of carbonyl (C=O) groups excluding carboxylic acids is 2. The van der Waals surface area contributed by atoms with E-state index in [1.54, 1.807) is 0 Å². The van der Waals surface area contributed by atoms with Crippen LogP contribution in [0.4, 0.5) is 4.79 Å². The summed E-state index contributed by atoms with van der Waals surface area (Å²) in [4.78, 5) is 47.4. The van der Waals surface area contributed by atoms with Crippen LogP contribution >= 0.6 is 0 Å². The highest BCUT2D eigenvalue weighted by molar-refractivity contribution is 5.85. The van der Waals surface area contributed by atoms with Gasteiger partial charge in [0, 0.05) is 20.1 Å². The number of amides is 3. The van der Waals surface area contributed by atoms with Gasteiger partial charge in [-0.2, -0.15) is 0 Å². The maximum Gasteiger partial charge on any atom is 0.323 e. The Kier molecular flexibility index (Phi) is 5.94. The molecule has 0 aromatic carbocycles. The van der Waals surface area contributed by atoms with E-state index in [9.17, 15) is 19.2 Å². The van der Waals surface area contributed by atoms with Gasteiger partial charge in [-0.3, -0.25) is 14.4 Å². The van der Waals surface area contributed by atoms with Gasteiger partial charge < -0.3 is 25.3 Å². The number of aliphatic carboxylic acids is 2. The van der Waals surface area contributed by atoms with Crippen LogP contribution in [0, 0.1) is 5.92 Å². The monoisotopic (exact) mass is 301 g/mol. The first kappa shape index (κ1) is 16.7. The van der Waals surface area contributed by atoms with E-state index in [-0.39, 0.29) is 18.4 Å². The van der Waals surface area contributed by atoms with Crippen molar-refractivity contribution in [3.63, 3.8) is 0 Å². The first-order valence-corrected chi connectivity index (χ1v) is 6.54. The molecule has 3 amide bonds. The summed E-state index contributed by atoms with van der Waals surface area (Å²) in [6, 6.07) is -0.673. The molecule has 1 aliphatic heterocycles. The fourth-order valence-electron chi connectivity index (χ4n) is 2.29. The quantitative estimate of drug-likeness (QED) is 0.600. The molecule has 118 valence electrons. The summed E-state index contributed by atoms with van der Waals surface area (Å²) in [5, 5.41) is 20.0. The van der Waals surface area contributed by atoms with Crippen LogP contribution in [0.3, 0.4) is 0 Å². The third-order valence-corrected chi connectivity index (χ3v) is 3.23. The molecule has 3 N–H and O–H groups in total. The molecule has 1 saturated heterocycles. The highest BCUT2D eigenvalue weighted by Crippen LogP contribution is 2.18. The van der Waals surface area contributed by atoms with Crippen LogP contribution in [-0.2, 0) is 14.4 Å². The van der Waals surface area contributed by atoms with Gasteiger partial charge >= 0.3 is 18.0 Å². The summed E-state index contributed by atoms with van der Waals surface area (Å²) in [6.45, 7) is -0.838. The van der Waals surface area contributed by atoms with Gasteiger partial charge in [-0.1, -0.05) is 0 Å². The van der Waals surface area contributed by atoms with Crippen LogP contribution in [0.15, 0.2) is 0 Å². The van der Waals surface area contributed by atoms with Gasteiger partial charge in [0.1, 0.15) is 13.1 Å². The predicted octanol–water partition coefficient (Wildman–Crippen LogP) is -0.964. The van der Waals surface area contributed by atoms with E-state index >= 15 is 0 Å². The second-order valence-electron chi connectivity index (χ2n) is 4.83. The molecule has 0 aromatic heterocycles. The Morgan fingerprint density at radius 2 is 1.76 bits per heavy atom. The minimum Gasteiger partial charge on any atom is -0.480 e. The number of piperidine rings is 1. The van der Waals surface area contributed by atoms with Gasteiger partial charge in [0.15, 0.2) is 0 Å². The minimum atomic E-state index is -1.29. The maximum atomic E-state index is 12.2. The van der Waals surface area contributed by atoms with E-state index in [0.717, 1.165) is 4.90 Å². The van der Waals surface area contributed by atoms with E-state index < -0.39 is 31.1 Å². The van der Waals surface area contributed by atoms with Gasteiger partial charge in [0.25, 0.3) is 0 Å². The molecule has 1 rings (SSSR count). The molecule has 0 bridgehead atoms. The van der Waals surface area contributed by atoms with Crippen LogP contribution in [0.2, 0.25) is 0 Å². The molecule has 0 radical (unpaired) electrons. The summed E-state index contributed by atoms with van der Waals surface area (Å²) >= 11 is 0. The van der Waals surface area contributed by atoms with E-state index in [4.69, 9.17) is 10.2 Å². The van der Waals surface area contributed by atoms with E-state index in [1.165, 1.54) is 11.9 Å². The van der Waals surface area contributed by atoms with Crippen LogP contribution < -0.4 is 5.32 Å². The van der Waals surface area contributed by atoms with Gasteiger partial charge in [-0.05, 0) is 12.8 Å². The van der Waals surface area contributed by atoms with Crippen molar-refractivity contribution in [2.75, 3.05) is 33.2 Å². The van der Waals surface area contributed by atoms with Crippen LogP contribution in [0.25, 0.3) is 0 Å². The van der Waals surface area contributed by atoms with Crippen molar-refractivity contribution in [2.24, 2.45) is 5.92 Å². The van der Waals surface area contributed by atoms with Crippen molar-refractivity contribution in [1.82, 2.24) is 15.1 Å². The van der Waals surface area contributed by atoms with Crippen molar-refractivity contribution >= 4 is 23.9 Å². The number of carboxylic acid groups (broad SMARTS) is 2. The molecule has 0 saturated carbocycles. The number of nitrogens with one attached hydrogen (secondary N) is 1. The molecule has 1 unspecified atom stereocenters. The average Bonchev–Trinajstić information content (AvgIpc) is 2.44. The lowest BCUT2D eigenvalue weighted by molar-refractivity contribution is -0.141. The highest BCUT2D eigenvalue weighted by Gasteiger charge is 2.31. The Balaban J connectivity index is 2.75. The van der Waals surface area contributed by atoms with E-state index in [0.29, 0.717) is 19.4 Å². The molecular formula is C12H19N3O6. The number of carboxylic acids is 2. The molecule has 9 nitrogen and oxygen atoms in total. The van der Waals surface area contributed by atoms with Crippen molar-refractivity contribution in [2.45, 2.75) is 12.8 Å². The molecule has 0 aromatic rings. The third kappa shape index (κ3) is 4.93. The molecule has 9 heteroatoms. The van der Waals surface area contributed by atoms with Crippen molar-refractivity contribution in [3.8, 4) is 0 Å².